The summed E-state index contributed by atoms with van der Waals surface area (Å²) in [4.78, 5) is 16.7. The number of amides is 1. The molecule has 0 unspecified atom stereocenters. The molecule has 2 heterocycles. The van der Waals surface area contributed by atoms with Gasteiger partial charge in [-0.3, -0.25) is 9.48 Å². The quantitative estimate of drug-likeness (QED) is 0.499. The molecule has 0 aliphatic rings. The van der Waals surface area contributed by atoms with Gasteiger partial charge in [0.05, 0.1) is 28.5 Å². The molecule has 2 aromatic heterocycles. The Labute approximate surface area is 163 Å². The first-order valence-corrected chi connectivity index (χ1v) is 9.35. The number of halogens is 1. The SMILES string of the molecule is CCCCn1nc(C)c(/C=N/NC(=O)Cn2c(C)nc3ccccc32)c1Cl. The summed E-state index contributed by atoms with van der Waals surface area (Å²) in [5.41, 5.74) is 5.85. The molecule has 142 valence electrons. The number of nitrogens with one attached hydrogen (secondary N) is 1. The number of aryl methyl sites for hydroxylation is 3. The minimum Gasteiger partial charge on any atom is -0.319 e. The van der Waals surface area contributed by atoms with E-state index < -0.39 is 0 Å². The zero-order chi connectivity index (χ0) is 19.4. The molecule has 1 aromatic carbocycles. The third kappa shape index (κ3) is 4.19. The van der Waals surface area contributed by atoms with Crippen molar-refractivity contribution >= 4 is 34.8 Å². The Balaban J connectivity index is 1.67. The predicted molar refractivity (Wildman–Crippen MR) is 107 cm³/mol. The molecule has 1 N–H and O–H groups in total. The molecule has 8 heteroatoms. The van der Waals surface area contributed by atoms with Gasteiger partial charge in [0.1, 0.15) is 17.5 Å². The molecule has 27 heavy (non-hydrogen) atoms. The third-order valence-corrected chi connectivity index (χ3v) is 4.76. The van der Waals surface area contributed by atoms with E-state index >= 15 is 0 Å². The van der Waals surface area contributed by atoms with Gasteiger partial charge in [-0.1, -0.05) is 37.1 Å². The van der Waals surface area contributed by atoms with E-state index in [-0.39, 0.29) is 12.5 Å². The lowest BCUT2D eigenvalue weighted by atomic mass is 10.3. The number of unbranched alkanes of at least 4 members (excludes halogenated alkanes) is 1. The molecular weight excluding hydrogens is 364 g/mol. The number of rotatable bonds is 7. The fraction of sp³-hybridized carbons (Fsp3) is 0.368. The Kier molecular flexibility index (Phi) is 5.91. The van der Waals surface area contributed by atoms with Crippen LogP contribution in [0, 0.1) is 13.8 Å². The number of aromatic nitrogens is 4. The molecule has 7 nitrogen and oxygen atoms in total. The van der Waals surface area contributed by atoms with Gasteiger partial charge >= 0.3 is 0 Å². The van der Waals surface area contributed by atoms with Crippen molar-refractivity contribution in [2.75, 3.05) is 0 Å². The van der Waals surface area contributed by atoms with Crippen LogP contribution in [0.5, 0.6) is 0 Å². The van der Waals surface area contributed by atoms with Crippen LogP contribution in [0.3, 0.4) is 0 Å². The van der Waals surface area contributed by atoms with E-state index in [2.05, 4.69) is 27.5 Å². The summed E-state index contributed by atoms with van der Waals surface area (Å²) in [5.74, 6) is 0.552. The second-order valence-electron chi connectivity index (χ2n) is 6.39. The number of hydrazone groups is 1. The van der Waals surface area contributed by atoms with Crippen LogP contribution in [0.2, 0.25) is 5.15 Å². The van der Waals surface area contributed by atoms with E-state index in [4.69, 9.17) is 11.6 Å². The monoisotopic (exact) mass is 386 g/mol. The number of hydrogen-bond donors (Lipinski definition) is 1. The Hall–Kier alpha value is -2.67. The maximum atomic E-state index is 12.3. The summed E-state index contributed by atoms with van der Waals surface area (Å²) in [6.45, 7) is 6.78. The molecule has 0 radical (unpaired) electrons. The molecule has 0 saturated carbocycles. The predicted octanol–water partition coefficient (Wildman–Crippen LogP) is 3.45. The zero-order valence-electron chi connectivity index (χ0n) is 15.7. The zero-order valence-corrected chi connectivity index (χ0v) is 16.5. The molecule has 0 spiro atoms. The Morgan fingerprint density at radius 2 is 2.11 bits per heavy atom. The van der Waals surface area contributed by atoms with Crippen LogP contribution in [-0.2, 0) is 17.9 Å². The highest BCUT2D eigenvalue weighted by Gasteiger charge is 2.12. The first-order valence-electron chi connectivity index (χ1n) is 8.98. The molecule has 3 rings (SSSR count). The van der Waals surface area contributed by atoms with E-state index in [1.807, 2.05) is 42.7 Å². The lowest BCUT2D eigenvalue weighted by Gasteiger charge is -2.05. The van der Waals surface area contributed by atoms with Gasteiger partial charge in [-0.25, -0.2) is 10.4 Å². The number of imidazole rings is 1. The average molecular weight is 387 g/mol. The van der Waals surface area contributed by atoms with Crippen LogP contribution < -0.4 is 5.43 Å². The summed E-state index contributed by atoms with van der Waals surface area (Å²) >= 11 is 6.37. The van der Waals surface area contributed by atoms with Gasteiger partial charge in [0, 0.05) is 6.54 Å². The Morgan fingerprint density at radius 3 is 2.89 bits per heavy atom. The summed E-state index contributed by atoms with van der Waals surface area (Å²) in [7, 11) is 0. The van der Waals surface area contributed by atoms with Crippen molar-refractivity contribution in [3.8, 4) is 0 Å². The molecule has 3 aromatic rings. The molecule has 0 atom stereocenters. The van der Waals surface area contributed by atoms with Crippen molar-refractivity contribution in [3.05, 3.63) is 46.5 Å². The molecule has 0 aliphatic carbocycles. The average Bonchev–Trinajstić information content (AvgIpc) is 3.10. The molecule has 0 aliphatic heterocycles. The number of nitrogens with zero attached hydrogens (tertiary/aromatic N) is 5. The maximum absolute atomic E-state index is 12.3. The number of carbonyl (C=O) groups excluding carboxylic acids is 1. The molecule has 0 bridgehead atoms. The van der Waals surface area contributed by atoms with E-state index in [1.165, 1.54) is 0 Å². The smallest absolute Gasteiger partial charge is 0.260 e. The van der Waals surface area contributed by atoms with E-state index in [0.717, 1.165) is 47.5 Å². The Bertz CT molecular complexity index is 988. The van der Waals surface area contributed by atoms with Crippen molar-refractivity contribution in [2.45, 2.75) is 46.7 Å². The van der Waals surface area contributed by atoms with E-state index in [0.29, 0.717) is 5.15 Å². The highest BCUT2D eigenvalue weighted by atomic mass is 35.5. The number of para-hydroxylation sites is 2. The van der Waals surface area contributed by atoms with Gasteiger partial charge in [0.25, 0.3) is 5.91 Å². The van der Waals surface area contributed by atoms with Crippen molar-refractivity contribution < 1.29 is 4.79 Å². The van der Waals surface area contributed by atoms with E-state index in [1.54, 1.807) is 10.9 Å². The number of fused-ring (bicyclic) bond motifs is 1. The highest BCUT2D eigenvalue weighted by Crippen LogP contribution is 2.18. The summed E-state index contributed by atoms with van der Waals surface area (Å²) in [6, 6.07) is 7.72. The molecular formula is C19H23ClN6O. The molecule has 1 amide bonds. The summed E-state index contributed by atoms with van der Waals surface area (Å²) < 4.78 is 3.63. The van der Waals surface area contributed by atoms with Crippen molar-refractivity contribution in [1.29, 1.82) is 0 Å². The standard InChI is InChI=1S/C19H23ClN6O/c1-4-5-10-26-19(20)15(13(2)24-26)11-21-23-18(27)12-25-14(3)22-16-8-6-7-9-17(16)25/h6-9,11H,4-5,10,12H2,1-3H3,(H,23,27)/b21-11+. The first-order chi connectivity index (χ1) is 13.0. The Morgan fingerprint density at radius 1 is 1.33 bits per heavy atom. The molecule has 0 saturated heterocycles. The number of benzene rings is 1. The highest BCUT2D eigenvalue weighted by molar-refractivity contribution is 6.32. The van der Waals surface area contributed by atoms with Gasteiger partial charge in [0.15, 0.2) is 0 Å². The van der Waals surface area contributed by atoms with Crippen molar-refractivity contribution in [2.24, 2.45) is 5.10 Å². The van der Waals surface area contributed by atoms with E-state index in [9.17, 15) is 4.79 Å². The van der Waals surface area contributed by atoms with Gasteiger partial charge in [-0.05, 0) is 32.4 Å². The normalized spacial score (nSPS) is 11.6. The topological polar surface area (TPSA) is 77.1 Å². The van der Waals surface area contributed by atoms with Gasteiger partial charge in [0.2, 0.25) is 0 Å². The van der Waals surface area contributed by atoms with Crippen LogP contribution >= 0.6 is 11.6 Å². The van der Waals surface area contributed by atoms with Crippen LogP contribution in [0.25, 0.3) is 11.0 Å². The lowest BCUT2D eigenvalue weighted by Crippen LogP contribution is -2.23. The maximum Gasteiger partial charge on any atom is 0.260 e. The fourth-order valence-corrected chi connectivity index (χ4v) is 3.22. The number of carbonyl (C=O) groups is 1. The molecule has 0 fully saturated rings. The fourth-order valence-electron chi connectivity index (χ4n) is 2.91. The van der Waals surface area contributed by atoms with Crippen molar-refractivity contribution in [1.82, 2.24) is 24.8 Å². The van der Waals surface area contributed by atoms with Gasteiger partial charge < -0.3 is 4.57 Å². The summed E-state index contributed by atoms with van der Waals surface area (Å²) in [5, 5.41) is 9.01. The lowest BCUT2D eigenvalue weighted by molar-refractivity contribution is -0.121. The van der Waals surface area contributed by atoms with Crippen molar-refractivity contribution in [3.63, 3.8) is 0 Å². The first kappa shape index (κ1) is 19.1. The summed E-state index contributed by atoms with van der Waals surface area (Å²) in [6.07, 6.45) is 3.62. The third-order valence-electron chi connectivity index (χ3n) is 4.36. The minimum atomic E-state index is -0.232. The van der Waals surface area contributed by atoms with Crippen LogP contribution in [0.1, 0.15) is 36.8 Å². The second kappa shape index (κ2) is 8.35. The second-order valence-corrected chi connectivity index (χ2v) is 6.75. The number of hydrogen-bond acceptors (Lipinski definition) is 4. The van der Waals surface area contributed by atoms with Gasteiger partial charge in [-0.15, -0.1) is 0 Å². The van der Waals surface area contributed by atoms with Crippen LogP contribution in [0.15, 0.2) is 29.4 Å². The largest absolute Gasteiger partial charge is 0.319 e. The van der Waals surface area contributed by atoms with Crippen LogP contribution in [-0.4, -0.2) is 31.5 Å². The van der Waals surface area contributed by atoms with Crippen LogP contribution in [0.4, 0.5) is 0 Å². The van der Waals surface area contributed by atoms with Gasteiger partial charge in [-0.2, -0.15) is 10.2 Å². The minimum absolute atomic E-state index is 0.145.